The first-order chi connectivity index (χ1) is 9.54. The molecule has 4 N–H and O–H groups in total. The average Bonchev–Trinajstić information content (AvgIpc) is 2.66. The fourth-order valence-electron chi connectivity index (χ4n) is 2.76. The van der Waals surface area contributed by atoms with Crippen LogP contribution in [0.2, 0.25) is 0 Å². The van der Waals surface area contributed by atoms with Crippen molar-refractivity contribution < 1.29 is 4.84 Å². The van der Waals surface area contributed by atoms with E-state index in [-0.39, 0.29) is 6.17 Å². The van der Waals surface area contributed by atoms with Crippen molar-refractivity contribution in [2.75, 3.05) is 5.73 Å². The predicted octanol–water partition coefficient (Wildman–Crippen LogP) is 2.65. The summed E-state index contributed by atoms with van der Waals surface area (Å²) >= 11 is 0. The Morgan fingerprint density at radius 3 is 2.50 bits per heavy atom. The van der Waals surface area contributed by atoms with Crippen molar-refractivity contribution >= 4 is 5.69 Å². The van der Waals surface area contributed by atoms with E-state index in [2.05, 4.69) is 32.0 Å². The molecule has 4 heteroatoms. The van der Waals surface area contributed by atoms with Gasteiger partial charge in [-0.1, -0.05) is 35.4 Å². The lowest BCUT2D eigenvalue weighted by Gasteiger charge is -2.20. The number of nitrogens with two attached hydrogens (primary N) is 2. The van der Waals surface area contributed by atoms with Gasteiger partial charge in [-0.15, -0.1) is 5.06 Å². The molecule has 0 saturated carbocycles. The zero-order valence-corrected chi connectivity index (χ0v) is 11.8. The van der Waals surface area contributed by atoms with Crippen LogP contribution in [0.4, 0.5) is 5.69 Å². The van der Waals surface area contributed by atoms with Crippen LogP contribution in [0.1, 0.15) is 28.4 Å². The van der Waals surface area contributed by atoms with E-state index in [0.29, 0.717) is 12.2 Å². The molecule has 20 heavy (non-hydrogen) atoms. The van der Waals surface area contributed by atoms with Crippen LogP contribution in [0.15, 0.2) is 36.4 Å². The third-order valence-corrected chi connectivity index (χ3v) is 3.54. The van der Waals surface area contributed by atoms with E-state index in [4.69, 9.17) is 16.3 Å². The van der Waals surface area contributed by atoms with Crippen LogP contribution in [0.3, 0.4) is 0 Å². The highest BCUT2D eigenvalue weighted by Gasteiger charge is 2.31. The number of nitrogens with zero attached hydrogens (tertiary/aromatic N) is 1. The van der Waals surface area contributed by atoms with Gasteiger partial charge < -0.3 is 16.3 Å². The van der Waals surface area contributed by atoms with Crippen molar-refractivity contribution in [1.29, 1.82) is 0 Å². The van der Waals surface area contributed by atoms with Crippen molar-refractivity contribution in [3.05, 3.63) is 58.7 Å². The summed E-state index contributed by atoms with van der Waals surface area (Å²) in [6.45, 7) is 4.82. The van der Waals surface area contributed by atoms with Gasteiger partial charge in [0.1, 0.15) is 6.17 Å². The molecule has 0 aromatic heterocycles. The van der Waals surface area contributed by atoms with Crippen LogP contribution in [-0.4, -0.2) is 5.06 Å². The summed E-state index contributed by atoms with van der Waals surface area (Å²) in [5.74, 6) is 0.752. The monoisotopic (exact) mass is 269 g/mol. The SMILES string of the molecule is Cc1cc(C)cc(CN2Oc3cccc(N)c3C2N)c1. The van der Waals surface area contributed by atoms with Gasteiger partial charge in [-0.25, -0.2) is 0 Å². The Balaban J connectivity index is 1.86. The molecule has 2 aromatic carbocycles. The van der Waals surface area contributed by atoms with Gasteiger partial charge in [-0.3, -0.25) is 0 Å². The molecule has 0 aliphatic carbocycles. The van der Waals surface area contributed by atoms with Gasteiger partial charge in [-0.2, -0.15) is 0 Å². The van der Waals surface area contributed by atoms with Gasteiger partial charge >= 0.3 is 0 Å². The first kappa shape index (κ1) is 13.0. The molecular weight excluding hydrogens is 250 g/mol. The van der Waals surface area contributed by atoms with Crippen LogP contribution in [-0.2, 0) is 6.54 Å². The van der Waals surface area contributed by atoms with E-state index >= 15 is 0 Å². The maximum atomic E-state index is 6.24. The average molecular weight is 269 g/mol. The van der Waals surface area contributed by atoms with Crippen molar-refractivity contribution in [3.8, 4) is 5.75 Å². The highest BCUT2D eigenvalue weighted by atomic mass is 16.7. The lowest BCUT2D eigenvalue weighted by Crippen LogP contribution is -2.31. The number of rotatable bonds is 2. The summed E-state index contributed by atoms with van der Waals surface area (Å²) in [4.78, 5) is 5.81. The molecule has 2 aromatic rings. The Hall–Kier alpha value is -2.04. The van der Waals surface area contributed by atoms with Crippen LogP contribution >= 0.6 is 0 Å². The molecule has 0 spiro atoms. The van der Waals surface area contributed by atoms with Gasteiger partial charge in [0.15, 0.2) is 5.75 Å². The first-order valence-electron chi connectivity index (χ1n) is 6.70. The minimum absolute atomic E-state index is 0.327. The number of fused-ring (bicyclic) bond motifs is 1. The molecule has 1 aliphatic rings. The Morgan fingerprint density at radius 1 is 1.15 bits per heavy atom. The Labute approximate surface area is 118 Å². The van der Waals surface area contributed by atoms with Gasteiger partial charge in [-0.05, 0) is 31.5 Å². The molecular formula is C16H19N3O. The van der Waals surface area contributed by atoms with E-state index in [1.807, 2.05) is 18.2 Å². The Bertz CT molecular complexity index is 634. The van der Waals surface area contributed by atoms with Gasteiger partial charge in [0, 0.05) is 5.69 Å². The smallest absolute Gasteiger partial charge is 0.155 e. The molecule has 0 radical (unpaired) electrons. The molecule has 0 fully saturated rings. The number of hydrogen-bond acceptors (Lipinski definition) is 4. The van der Waals surface area contributed by atoms with Crippen molar-refractivity contribution in [1.82, 2.24) is 5.06 Å². The number of hydrogen-bond donors (Lipinski definition) is 2. The Kier molecular flexibility index (Phi) is 3.12. The normalized spacial score (nSPS) is 17.9. The molecule has 104 valence electrons. The maximum Gasteiger partial charge on any atom is 0.155 e. The second kappa shape index (κ2) is 4.81. The number of nitrogen functional groups attached to an aromatic ring is 1. The molecule has 3 rings (SSSR count). The van der Waals surface area contributed by atoms with Gasteiger partial charge in [0.25, 0.3) is 0 Å². The second-order valence-electron chi connectivity index (χ2n) is 5.37. The summed E-state index contributed by atoms with van der Waals surface area (Å²) < 4.78 is 0. The molecule has 0 amide bonds. The zero-order chi connectivity index (χ0) is 14.3. The first-order valence-corrected chi connectivity index (χ1v) is 6.70. The van der Waals surface area contributed by atoms with Crippen LogP contribution in [0.5, 0.6) is 5.75 Å². The summed E-state index contributed by atoms with van der Waals surface area (Å²) in [6.07, 6.45) is -0.327. The van der Waals surface area contributed by atoms with Crippen LogP contribution in [0, 0.1) is 13.8 Å². The van der Waals surface area contributed by atoms with E-state index in [1.165, 1.54) is 16.7 Å². The number of benzene rings is 2. The molecule has 1 unspecified atom stereocenters. The molecule has 1 heterocycles. The lowest BCUT2D eigenvalue weighted by atomic mass is 10.1. The number of hydroxylamine groups is 2. The molecule has 0 saturated heterocycles. The Morgan fingerprint density at radius 2 is 1.85 bits per heavy atom. The highest BCUT2D eigenvalue weighted by Crippen LogP contribution is 2.38. The second-order valence-corrected chi connectivity index (χ2v) is 5.37. The molecule has 1 atom stereocenters. The molecule has 4 nitrogen and oxygen atoms in total. The van der Waals surface area contributed by atoms with E-state index in [1.54, 1.807) is 5.06 Å². The van der Waals surface area contributed by atoms with Gasteiger partial charge in [0.2, 0.25) is 0 Å². The topological polar surface area (TPSA) is 64.5 Å². The minimum Gasteiger partial charge on any atom is -0.403 e. The quantitative estimate of drug-likeness (QED) is 0.823. The van der Waals surface area contributed by atoms with Crippen LogP contribution in [0.25, 0.3) is 0 Å². The number of aryl methyl sites for hydroxylation is 2. The van der Waals surface area contributed by atoms with E-state index in [9.17, 15) is 0 Å². The fourth-order valence-corrected chi connectivity index (χ4v) is 2.76. The summed E-state index contributed by atoms with van der Waals surface area (Å²) in [5.41, 5.74) is 17.4. The van der Waals surface area contributed by atoms with Crippen LogP contribution < -0.4 is 16.3 Å². The summed E-state index contributed by atoms with van der Waals surface area (Å²) in [7, 11) is 0. The number of anilines is 1. The minimum atomic E-state index is -0.327. The fraction of sp³-hybridized carbons (Fsp3) is 0.250. The predicted molar refractivity (Wildman–Crippen MR) is 79.9 cm³/mol. The van der Waals surface area contributed by atoms with Crippen molar-refractivity contribution in [2.24, 2.45) is 5.73 Å². The zero-order valence-electron chi connectivity index (χ0n) is 11.8. The summed E-state index contributed by atoms with van der Waals surface area (Å²) in [6, 6.07) is 12.1. The molecule has 0 bridgehead atoms. The van der Waals surface area contributed by atoms with Crippen molar-refractivity contribution in [2.45, 2.75) is 26.6 Å². The van der Waals surface area contributed by atoms with Crippen molar-refractivity contribution in [3.63, 3.8) is 0 Å². The summed E-state index contributed by atoms with van der Waals surface area (Å²) in [5, 5.41) is 1.77. The maximum absolute atomic E-state index is 6.24. The van der Waals surface area contributed by atoms with Gasteiger partial charge in [0.05, 0.1) is 12.1 Å². The third kappa shape index (κ3) is 2.24. The lowest BCUT2D eigenvalue weighted by molar-refractivity contribution is -0.0781. The highest BCUT2D eigenvalue weighted by molar-refractivity contribution is 5.56. The third-order valence-electron chi connectivity index (χ3n) is 3.54. The standard InChI is InChI=1S/C16H19N3O/c1-10-6-11(2)8-12(7-10)9-19-16(18)15-13(17)4-3-5-14(15)20-19/h3-8,16H,9,17-18H2,1-2H3. The largest absolute Gasteiger partial charge is 0.403 e. The van der Waals surface area contributed by atoms with E-state index in [0.717, 1.165) is 11.3 Å². The van der Waals surface area contributed by atoms with E-state index < -0.39 is 0 Å². The molecule has 1 aliphatic heterocycles.